The van der Waals surface area contributed by atoms with Gasteiger partial charge in [-0.1, -0.05) is 66.7 Å². The first-order valence-corrected chi connectivity index (χ1v) is 9.95. The molecule has 0 radical (unpaired) electrons. The topological polar surface area (TPSA) is 94.0 Å². The summed E-state index contributed by atoms with van der Waals surface area (Å²) in [5.41, 5.74) is 2.51. The van der Waals surface area contributed by atoms with Crippen molar-refractivity contribution < 1.29 is 14.7 Å². The zero-order valence-electron chi connectivity index (χ0n) is 16.0. The lowest BCUT2D eigenvalue weighted by Gasteiger charge is -2.04. The molecule has 0 spiro atoms. The van der Waals surface area contributed by atoms with Gasteiger partial charge < -0.3 is 9.90 Å². The minimum absolute atomic E-state index is 0.0844. The SMILES string of the molecule is C/C(=N/N=C1\NC(=O)/C(=C\c2ccc(C(=O)[O-])cc2)S1)c1cccc2ccccc12. The maximum Gasteiger partial charge on any atom is 0.264 e. The number of carbonyl (C=O) groups is 2. The Hall–Kier alpha value is -3.71. The largest absolute Gasteiger partial charge is 0.545 e. The Kier molecular flexibility index (Phi) is 5.45. The molecule has 1 heterocycles. The number of thioether (sulfide) groups is 1. The maximum atomic E-state index is 12.2. The lowest BCUT2D eigenvalue weighted by Crippen LogP contribution is -2.21. The van der Waals surface area contributed by atoms with Crippen molar-refractivity contribution in [1.29, 1.82) is 0 Å². The van der Waals surface area contributed by atoms with Crippen molar-refractivity contribution in [3.8, 4) is 0 Å². The number of carboxylic acids is 1. The number of rotatable bonds is 4. The summed E-state index contributed by atoms with van der Waals surface area (Å²) in [6.07, 6.45) is 1.67. The summed E-state index contributed by atoms with van der Waals surface area (Å²) in [6.45, 7) is 1.88. The van der Waals surface area contributed by atoms with Gasteiger partial charge >= 0.3 is 0 Å². The first-order chi connectivity index (χ1) is 14.5. The second-order valence-electron chi connectivity index (χ2n) is 6.59. The number of hydrogen-bond acceptors (Lipinski definition) is 6. The van der Waals surface area contributed by atoms with Crippen LogP contribution in [0.4, 0.5) is 0 Å². The Balaban J connectivity index is 1.55. The summed E-state index contributed by atoms with van der Waals surface area (Å²) >= 11 is 1.18. The zero-order valence-corrected chi connectivity index (χ0v) is 16.8. The molecular weight excluding hydrogens is 398 g/mol. The first-order valence-electron chi connectivity index (χ1n) is 9.14. The average Bonchev–Trinajstić information content (AvgIpc) is 3.11. The van der Waals surface area contributed by atoms with Crippen LogP contribution in [0.3, 0.4) is 0 Å². The molecule has 1 amide bonds. The zero-order chi connectivity index (χ0) is 21.1. The fourth-order valence-electron chi connectivity index (χ4n) is 3.06. The minimum atomic E-state index is -1.24. The average molecular weight is 414 g/mol. The summed E-state index contributed by atoms with van der Waals surface area (Å²) in [5.74, 6) is -1.52. The third kappa shape index (κ3) is 4.16. The van der Waals surface area contributed by atoms with E-state index >= 15 is 0 Å². The highest BCUT2D eigenvalue weighted by molar-refractivity contribution is 8.18. The van der Waals surface area contributed by atoms with E-state index in [2.05, 4.69) is 15.5 Å². The third-order valence-electron chi connectivity index (χ3n) is 4.57. The molecule has 148 valence electrons. The number of carboxylic acid groups (broad SMARTS) is 1. The van der Waals surface area contributed by atoms with Gasteiger partial charge in [-0.2, -0.15) is 5.10 Å². The smallest absolute Gasteiger partial charge is 0.264 e. The minimum Gasteiger partial charge on any atom is -0.545 e. The molecule has 0 aliphatic carbocycles. The van der Waals surface area contributed by atoms with E-state index in [1.165, 1.54) is 23.9 Å². The molecule has 0 bridgehead atoms. The van der Waals surface area contributed by atoms with Crippen LogP contribution in [0.2, 0.25) is 0 Å². The molecule has 1 aliphatic heterocycles. The van der Waals surface area contributed by atoms with Crippen LogP contribution < -0.4 is 10.4 Å². The van der Waals surface area contributed by atoms with Crippen LogP contribution in [0, 0.1) is 0 Å². The van der Waals surface area contributed by atoms with Gasteiger partial charge in [0.25, 0.3) is 5.91 Å². The van der Waals surface area contributed by atoms with Crippen LogP contribution in [0.5, 0.6) is 0 Å². The summed E-state index contributed by atoms with van der Waals surface area (Å²) in [7, 11) is 0. The Morgan fingerprint density at radius 1 is 1.03 bits per heavy atom. The lowest BCUT2D eigenvalue weighted by atomic mass is 10.0. The van der Waals surface area contributed by atoms with Gasteiger partial charge in [0.1, 0.15) is 0 Å². The van der Waals surface area contributed by atoms with Gasteiger partial charge in [0, 0.05) is 5.56 Å². The molecule has 1 N–H and O–H groups in total. The van der Waals surface area contributed by atoms with Crippen LogP contribution in [0.1, 0.15) is 28.4 Å². The van der Waals surface area contributed by atoms with Crippen LogP contribution in [0.15, 0.2) is 81.8 Å². The number of benzene rings is 3. The van der Waals surface area contributed by atoms with E-state index in [1.54, 1.807) is 18.2 Å². The summed E-state index contributed by atoms with van der Waals surface area (Å²) in [6, 6.07) is 20.2. The van der Waals surface area contributed by atoms with Gasteiger partial charge in [-0.25, -0.2) is 0 Å². The Labute approximate surface area is 177 Å². The van der Waals surface area contributed by atoms with Crippen molar-refractivity contribution in [3.05, 3.63) is 88.3 Å². The fraction of sp³-hybridized carbons (Fsp3) is 0.0435. The number of amidine groups is 1. The van der Waals surface area contributed by atoms with E-state index in [-0.39, 0.29) is 11.5 Å². The van der Waals surface area contributed by atoms with E-state index in [0.717, 1.165) is 22.0 Å². The molecule has 1 fully saturated rings. The molecule has 30 heavy (non-hydrogen) atoms. The third-order valence-corrected chi connectivity index (χ3v) is 5.47. The predicted octanol–water partition coefficient (Wildman–Crippen LogP) is 3.19. The number of nitrogens with zero attached hydrogens (tertiary/aromatic N) is 2. The second-order valence-corrected chi connectivity index (χ2v) is 7.62. The van der Waals surface area contributed by atoms with Crippen LogP contribution in [0.25, 0.3) is 16.8 Å². The van der Waals surface area contributed by atoms with E-state index in [4.69, 9.17) is 0 Å². The van der Waals surface area contributed by atoms with Crippen molar-refractivity contribution in [2.24, 2.45) is 10.2 Å². The van der Waals surface area contributed by atoms with Crippen molar-refractivity contribution in [2.45, 2.75) is 6.92 Å². The summed E-state index contributed by atoms with van der Waals surface area (Å²) < 4.78 is 0. The van der Waals surface area contributed by atoms with Crippen molar-refractivity contribution in [3.63, 3.8) is 0 Å². The van der Waals surface area contributed by atoms with Crippen molar-refractivity contribution in [2.75, 3.05) is 0 Å². The molecule has 3 aromatic rings. The molecule has 1 saturated heterocycles. The Bertz CT molecular complexity index is 1240. The number of fused-ring (bicyclic) bond motifs is 1. The standard InChI is InChI=1S/C23H17N3O3S/c1-14(18-8-4-6-16-5-2-3-7-19(16)18)25-26-23-24-21(27)20(30-23)13-15-9-11-17(12-10-15)22(28)29/h2-13H,1H3,(H,28,29)(H,24,26,27)/p-1/b20-13+,25-14-. The van der Waals surface area contributed by atoms with Gasteiger partial charge in [0.05, 0.1) is 16.6 Å². The van der Waals surface area contributed by atoms with Gasteiger partial charge in [0.2, 0.25) is 0 Å². The normalized spacial score (nSPS) is 17.0. The van der Waals surface area contributed by atoms with Crippen molar-refractivity contribution in [1.82, 2.24) is 5.32 Å². The molecule has 7 heteroatoms. The second kappa shape index (κ2) is 8.34. The Morgan fingerprint density at radius 2 is 1.77 bits per heavy atom. The van der Waals surface area contributed by atoms with Crippen LogP contribution >= 0.6 is 11.8 Å². The monoisotopic (exact) mass is 414 g/mol. The van der Waals surface area contributed by atoms with Gasteiger partial charge in [-0.15, -0.1) is 5.10 Å². The highest BCUT2D eigenvalue weighted by Crippen LogP contribution is 2.26. The molecule has 0 unspecified atom stereocenters. The van der Waals surface area contributed by atoms with Crippen LogP contribution in [-0.2, 0) is 4.79 Å². The Morgan fingerprint density at radius 3 is 2.53 bits per heavy atom. The molecule has 0 saturated carbocycles. The number of carbonyl (C=O) groups excluding carboxylic acids is 2. The van der Waals surface area contributed by atoms with Gasteiger partial charge in [0.15, 0.2) is 5.17 Å². The summed E-state index contributed by atoms with van der Waals surface area (Å²) in [5, 5.41) is 24.6. The quantitative estimate of drug-likeness (QED) is 0.403. The molecule has 0 atom stereocenters. The number of amides is 1. The first kappa shape index (κ1) is 19.6. The fourth-order valence-corrected chi connectivity index (χ4v) is 3.83. The highest BCUT2D eigenvalue weighted by atomic mass is 32.2. The number of nitrogens with one attached hydrogen (secondary N) is 1. The molecule has 1 aliphatic rings. The maximum absolute atomic E-state index is 12.2. The summed E-state index contributed by atoms with van der Waals surface area (Å²) in [4.78, 5) is 23.5. The molecular formula is C23H16N3O3S-. The van der Waals surface area contributed by atoms with E-state index < -0.39 is 5.97 Å². The molecule has 6 nitrogen and oxygen atoms in total. The van der Waals surface area contributed by atoms with E-state index in [1.807, 2.05) is 49.4 Å². The van der Waals surface area contributed by atoms with Crippen LogP contribution in [-0.4, -0.2) is 22.8 Å². The van der Waals surface area contributed by atoms with E-state index in [9.17, 15) is 14.7 Å². The van der Waals surface area contributed by atoms with Gasteiger partial charge in [-0.05, 0) is 46.7 Å². The molecule has 4 rings (SSSR count). The van der Waals surface area contributed by atoms with Crippen molar-refractivity contribution >= 4 is 51.4 Å². The molecule has 0 aromatic heterocycles. The lowest BCUT2D eigenvalue weighted by molar-refractivity contribution is -0.255. The molecule has 3 aromatic carbocycles. The van der Waals surface area contributed by atoms with E-state index in [0.29, 0.717) is 15.6 Å². The predicted molar refractivity (Wildman–Crippen MR) is 118 cm³/mol. The van der Waals surface area contributed by atoms with Gasteiger partial charge in [-0.3, -0.25) is 10.1 Å². The number of hydrogen-bond donors (Lipinski definition) is 1. The number of aromatic carboxylic acids is 1. The highest BCUT2D eigenvalue weighted by Gasteiger charge is 2.23.